The molecule has 1 amide bonds. The molecule has 6 heteroatoms. The van der Waals surface area contributed by atoms with E-state index < -0.39 is 0 Å². The Labute approximate surface area is 215 Å². The minimum absolute atomic E-state index is 0.198. The molecular weight excluding hydrogens is 461 g/mol. The first-order chi connectivity index (χ1) is 16.1. The van der Waals surface area contributed by atoms with E-state index in [1.54, 1.807) is 6.92 Å². The summed E-state index contributed by atoms with van der Waals surface area (Å²) in [5, 5.41) is 4.11. The van der Waals surface area contributed by atoms with E-state index in [1.165, 1.54) is 0 Å². The van der Waals surface area contributed by atoms with E-state index in [9.17, 15) is 4.79 Å². The first-order valence-electron chi connectivity index (χ1n) is 11.8. The Balaban J connectivity index is 0.000000916. The van der Waals surface area contributed by atoms with Crippen LogP contribution in [0.2, 0.25) is 0 Å². The van der Waals surface area contributed by atoms with Crippen LogP contribution in [-0.4, -0.2) is 36.0 Å². The zero-order chi connectivity index (χ0) is 25.9. The molecule has 1 unspecified atom stereocenters. The smallest absolute Gasteiger partial charge is 0.219 e. The van der Waals surface area contributed by atoms with Gasteiger partial charge in [0.25, 0.3) is 0 Å². The molecule has 0 fully saturated rings. The first-order valence-corrected chi connectivity index (χ1v) is 12.8. The summed E-state index contributed by atoms with van der Waals surface area (Å²) in [6.45, 7) is 20.1. The topological polar surface area (TPSA) is 44.7 Å². The molecule has 34 heavy (non-hydrogen) atoms. The van der Waals surface area contributed by atoms with Gasteiger partial charge in [0, 0.05) is 37.2 Å². The number of aliphatic imine (C=N–C) groups is 1. The van der Waals surface area contributed by atoms with Gasteiger partial charge < -0.3 is 10.2 Å². The number of amidine groups is 1. The van der Waals surface area contributed by atoms with Crippen LogP contribution >= 0.6 is 20.8 Å². The van der Waals surface area contributed by atoms with Gasteiger partial charge in [-0.15, -0.1) is 0 Å². The molecule has 1 aliphatic rings. The van der Waals surface area contributed by atoms with Crippen molar-refractivity contribution in [2.45, 2.75) is 60.3 Å². The summed E-state index contributed by atoms with van der Waals surface area (Å²) in [6, 6.07) is 0. The lowest BCUT2D eigenvalue weighted by molar-refractivity contribution is -0.128. The third-order valence-electron chi connectivity index (χ3n) is 4.60. The first kappa shape index (κ1) is 31.8. The predicted octanol–water partition coefficient (Wildman–Crippen LogP) is 7.45. The Hall–Kier alpha value is -2.16. The van der Waals surface area contributed by atoms with Crippen molar-refractivity contribution in [1.29, 1.82) is 0 Å². The Bertz CT molecular complexity index is 857. The quantitative estimate of drug-likeness (QED) is 0.105. The zero-order valence-electron chi connectivity index (χ0n) is 21.7. The molecule has 0 spiro atoms. The molecule has 1 atom stereocenters. The van der Waals surface area contributed by atoms with E-state index in [-0.39, 0.29) is 5.91 Å². The molecule has 0 aromatic rings. The fourth-order valence-corrected chi connectivity index (χ4v) is 3.35. The second kappa shape index (κ2) is 19.2. The molecule has 0 saturated heterocycles. The lowest BCUT2D eigenvalue weighted by Gasteiger charge is -2.18. The molecule has 1 N–H and O–H groups in total. The number of hydrogen-bond donors (Lipinski definition) is 1. The molecule has 0 heterocycles. The van der Waals surface area contributed by atoms with Crippen LogP contribution in [0, 0.1) is 0 Å². The van der Waals surface area contributed by atoms with Crippen LogP contribution < -0.4 is 5.32 Å². The Morgan fingerprint density at radius 1 is 1.21 bits per heavy atom. The van der Waals surface area contributed by atoms with E-state index in [0.717, 1.165) is 71.8 Å². The number of halogens is 1. The third kappa shape index (κ3) is 16.5. The van der Waals surface area contributed by atoms with Crippen molar-refractivity contribution in [1.82, 2.24) is 10.2 Å². The van der Waals surface area contributed by atoms with Crippen LogP contribution in [0.1, 0.15) is 60.3 Å². The van der Waals surface area contributed by atoms with Crippen molar-refractivity contribution >= 4 is 32.3 Å². The van der Waals surface area contributed by atoms with Crippen molar-refractivity contribution in [2.24, 2.45) is 4.99 Å². The van der Waals surface area contributed by atoms with Crippen molar-refractivity contribution in [3.05, 3.63) is 83.1 Å². The van der Waals surface area contributed by atoms with Gasteiger partial charge in [0.2, 0.25) is 5.91 Å². The maximum Gasteiger partial charge on any atom is 0.219 e. The van der Waals surface area contributed by atoms with Crippen LogP contribution in [0.4, 0.5) is 0 Å². The molecule has 1 aliphatic carbocycles. The number of allylic oxidation sites excluding steroid dienone is 9. The summed E-state index contributed by atoms with van der Waals surface area (Å²) < 4.78 is 0. The molecule has 188 valence electrons. The summed E-state index contributed by atoms with van der Waals surface area (Å²) in [7, 11) is 2.63. The second-order valence-electron chi connectivity index (χ2n) is 8.16. The monoisotopic (exact) mass is 503 g/mol. The lowest BCUT2D eigenvalue weighted by atomic mass is 10.1. The van der Waals surface area contributed by atoms with Gasteiger partial charge in [-0.05, 0) is 50.8 Å². The number of carbonyl (C=O) groups excluding carboxylic acids is 1. The number of nitrogens with one attached hydrogen (secondary N) is 1. The van der Waals surface area contributed by atoms with Gasteiger partial charge in [-0.25, -0.2) is 0 Å². The normalized spacial score (nSPS) is 14.0. The van der Waals surface area contributed by atoms with Crippen LogP contribution in [0.5, 0.6) is 0 Å². The Morgan fingerprint density at radius 2 is 1.85 bits per heavy atom. The van der Waals surface area contributed by atoms with E-state index in [4.69, 9.17) is 11.6 Å². The molecule has 0 radical (unpaired) electrons. The molecule has 1 rings (SSSR count). The number of rotatable bonds is 11. The Morgan fingerprint density at radius 3 is 2.38 bits per heavy atom. The summed E-state index contributed by atoms with van der Waals surface area (Å²) in [5.41, 5.74) is 5.02. The molecular formula is C28H43ClN3OP. The highest BCUT2D eigenvalue weighted by molar-refractivity contribution is 7.40. The molecule has 4 nitrogen and oxygen atoms in total. The standard InChI is InChI=1S/C20H26ClN2P.C8H17NO/c1-5-19(12-9-16(4)13-15(2)3)23-20(24)22-14-17-7-6-8-18(21)11-10-17;1-4-6-9(7-5-2)8(3)10/h5-7,9-12H,2,4,8,13-14,24H2,1,3H3,(H,22,23);4-7H2,1-3H3/b12-9-,19-5+;. The number of nitrogens with zero attached hydrogens (tertiary/aromatic N) is 2. The van der Waals surface area contributed by atoms with Gasteiger partial charge in [-0.1, -0.05) is 89.4 Å². The highest BCUT2D eigenvalue weighted by Crippen LogP contribution is 2.15. The number of amides is 1. The SMILES string of the molecule is C=C(C)CC(=C)/C=C\C(=C/C)NC(P)=NCC1=CC=C(Cl)CC=C1.CCCN(CCC)C(C)=O. The van der Waals surface area contributed by atoms with Crippen molar-refractivity contribution in [2.75, 3.05) is 19.6 Å². The van der Waals surface area contributed by atoms with E-state index in [2.05, 4.69) is 58.7 Å². The molecule has 0 bridgehead atoms. The summed E-state index contributed by atoms with van der Waals surface area (Å²) in [5.74, 6) is 0.198. The fraction of sp³-hybridized carbons (Fsp3) is 0.429. The van der Waals surface area contributed by atoms with Gasteiger partial charge in [0.05, 0.1) is 6.54 Å². The summed E-state index contributed by atoms with van der Waals surface area (Å²) in [6.07, 6.45) is 17.7. The van der Waals surface area contributed by atoms with Crippen molar-refractivity contribution < 1.29 is 4.79 Å². The maximum atomic E-state index is 10.8. The number of hydrogen-bond acceptors (Lipinski definition) is 2. The molecule has 0 aromatic carbocycles. The lowest BCUT2D eigenvalue weighted by Crippen LogP contribution is -2.29. The highest BCUT2D eigenvalue weighted by Gasteiger charge is 2.03. The summed E-state index contributed by atoms with van der Waals surface area (Å²) >= 11 is 6.01. The average Bonchev–Trinajstić information content (AvgIpc) is 2.98. The molecule has 0 aromatic heterocycles. The van der Waals surface area contributed by atoms with Gasteiger partial charge in [-0.3, -0.25) is 9.79 Å². The largest absolute Gasteiger partial charge is 0.343 e. The van der Waals surface area contributed by atoms with Gasteiger partial charge in [0.1, 0.15) is 5.58 Å². The van der Waals surface area contributed by atoms with Crippen LogP contribution in [-0.2, 0) is 4.79 Å². The van der Waals surface area contributed by atoms with Crippen molar-refractivity contribution in [3.63, 3.8) is 0 Å². The van der Waals surface area contributed by atoms with Gasteiger partial charge >= 0.3 is 0 Å². The summed E-state index contributed by atoms with van der Waals surface area (Å²) in [4.78, 5) is 17.3. The average molecular weight is 504 g/mol. The van der Waals surface area contributed by atoms with Crippen LogP contribution in [0.3, 0.4) is 0 Å². The maximum absolute atomic E-state index is 10.8. The minimum atomic E-state index is 0.198. The van der Waals surface area contributed by atoms with E-state index >= 15 is 0 Å². The molecule has 0 aliphatic heterocycles. The zero-order valence-corrected chi connectivity index (χ0v) is 23.6. The fourth-order valence-electron chi connectivity index (χ4n) is 2.94. The van der Waals surface area contributed by atoms with E-state index in [0.29, 0.717) is 6.54 Å². The predicted molar refractivity (Wildman–Crippen MR) is 155 cm³/mol. The Kier molecular flexibility index (Phi) is 18.0. The third-order valence-corrected chi connectivity index (χ3v) is 5.21. The van der Waals surface area contributed by atoms with Gasteiger partial charge in [-0.2, -0.15) is 0 Å². The molecule has 0 saturated carbocycles. The van der Waals surface area contributed by atoms with Crippen LogP contribution in [0.15, 0.2) is 88.1 Å². The van der Waals surface area contributed by atoms with Crippen LogP contribution in [0.25, 0.3) is 0 Å². The van der Waals surface area contributed by atoms with Gasteiger partial charge in [0.15, 0.2) is 0 Å². The number of carbonyl (C=O) groups is 1. The van der Waals surface area contributed by atoms with Crippen molar-refractivity contribution in [3.8, 4) is 0 Å². The minimum Gasteiger partial charge on any atom is -0.343 e. The van der Waals surface area contributed by atoms with E-state index in [1.807, 2.05) is 49.1 Å². The second-order valence-corrected chi connectivity index (χ2v) is 9.20. The highest BCUT2D eigenvalue weighted by atomic mass is 35.5.